The molecule has 0 saturated heterocycles. The first-order valence-corrected chi connectivity index (χ1v) is 10.2. The minimum atomic E-state index is 0.831. The number of hydrogen-bond acceptors (Lipinski definition) is 2. The zero-order chi connectivity index (χ0) is 19.9. The molecular formula is C26H20N4. The molecule has 3 aromatic heterocycles. The van der Waals surface area contributed by atoms with Crippen LogP contribution in [0.3, 0.4) is 0 Å². The Hall–Kier alpha value is -3.92. The Labute approximate surface area is 174 Å². The van der Waals surface area contributed by atoms with Gasteiger partial charge in [-0.2, -0.15) is 0 Å². The summed E-state index contributed by atoms with van der Waals surface area (Å²) in [6, 6.07) is 19.7. The van der Waals surface area contributed by atoms with E-state index in [0.29, 0.717) is 0 Å². The van der Waals surface area contributed by atoms with Crippen LogP contribution < -0.4 is 0 Å². The molecule has 30 heavy (non-hydrogen) atoms. The molecule has 144 valence electrons. The quantitative estimate of drug-likeness (QED) is 0.444. The van der Waals surface area contributed by atoms with E-state index < -0.39 is 0 Å². The lowest BCUT2D eigenvalue weighted by Crippen LogP contribution is -1.96. The van der Waals surface area contributed by atoms with Crippen LogP contribution in [-0.2, 0) is 13.0 Å². The molecule has 0 aliphatic heterocycles. The summed E-state index contributed by atoms with van der Waals surface area (Å²) in [6.07, 6.45) is 12.8. The fourth-order valence-electron chi connectivity index (χ4n) is 4.24. The average Bonchev–Trinajstić information content (AvgIpc) is 3.54. The molecule has 3 heterocycles. The van der Waals surface area contributed by atoms with E-state index in [0.717, 1.165) is 24.2 Å². The van der Waals surface area contributed by atoms with Gasteiger partial charge in [-0.05, 0) is 51.9 Å². The smallest absolute Gasteiger partial charge is 0.0949 e. The minimum Gasteiger partial charge on any atom is -0.361 e. The van der Waals surface area contributed by atoms with Gasteiger partial charge >= 0.3 is 0 Å². The molecule has 2 aromatic carbocycles. The second-order valence-corrected chi connectivity index (χ2v) is 7.75. The third kappa shape index (κ3) is 2.94. The van der Waals surface area contributed by atoms with E-state index in [1.807, 2.05) is 31.1 Å². The van der Waals surface area contributed by atoms with Crippen LogP contribution in [0, 0.1) is 0 Å². The normalized spacial score (nSPS) is 12.9. The highest BCUT2D eigenvalue weighted by molar-refractivity contribution is 5.90. The molecule has 4 nitrogen and oxygen atoms in total. The predicted octanol–water partition coefficient (Wildman–Crippen LogP) is 5.46. The molecule has 6 rings (SSSR count). The lowest BCUT2D eigenvalue weighted by molar-refractivity contribution is 0.797. The van der Waals surface area contributed by atoms with Crippen molar-refractivity contribution in [1.29, 1.82) is 0 Å². The summed E-state index contributed by atoms with van der Waals surface area (Å²) >= 11 is 0. The first-order chi connectivity index (χ1) is 14.8. The molecule has 0 bridgehead atoms. The molecule has 0 saturated carbocycles. The molecule has 5 aromatic rings. The Morgan fingerprint density at radius 2 is 1.83 bits per heavy atom. The summed E-state index contributed by atoms with van der Waals surface area (Å²) in [6.45, 7) is 0.831. The molecule has 0 fully saturated rings. The first kappa shape index (κ1) is 17.0. The lowest BCUT2D eigenvalue weighted by Gasteiger charge is -2.10. The van der Waals surface area contributed by atoms with Gasteiger partial charge in [-0.1, -0.05) is 36.4 Å². The minimum absolute atomic E-state index is 0.831. The molecular weight excluding hydrogens is 368 g/mol. The number of nitrogens with zero attached hydrogens (tertiary/aromatic N) is 3. The average molecular weight is 388 g/mol. The van der Waals surface area contributed by atoms with Gasteiger partial charge in [0.15, 0.2) is 0 Å². The monoisotopic (exact) mass is 388 g/mol. The van der Waals surface area contributed by atoms with Crippen molar-refractivity contribution in [3.05, 3.63) is 114 Å². The zero-order valence-corrected chi connectivity index (χ0v) is 16.4. The second-order valence-electron chi connectivity index (χ2n) is 7.75. The van der Waals surface area contributed by atoms with E-state index in [9.17, 15) is 0 Å². The van der Waals surface area contributed by atoms with Gasteiger partial charge in [-0.25, -0.2) is 4.98 Å². The lowest BCUT2D eigenvalue weighted by atomic mass is 9.97. The van der Waals surface area contributed by atoms with Crippen LogP contribution in [0.4, 0.5) is 0 Å². The van der Waals surface area contributed by atoms with Gasteiger partial charge in [0, 0.05) is 54.4 Å². The fraction of sp³-hybridized carbons (Fsp3) is 0.0769. The number of H-pyrrole nitrogens is 1. The number of imidazole rings is 1. The molecule has 0 spiro atoms. The number of aromatic nitrogens is 4. The number of fused-ring (bicyclic) bond motifs is 2. The fourth-order valence-corrected chi connectivity index (χ4v) is 4.24. The molecule has 1 N–H and O–H groups in total. The molecule has 0 amide bonds. The Morgan fingerprint density at radius 1 is 0.933 bits per heavy atom. The Balaban J connectivity index is 1.32. The van der Waals surface area contributed by atoms with Gasteiger partial charge in [0.1, 0.15) is 0 Å². The number of hydrogen-bond donors (Lipinski definition) is 1. The second kappa shape index (κ2) is 6.85. The van der Waals surface area contributed by atoms with E-state index in [1.165, 1.54) is 38.7 Å². The number of rotatable bonds is 4. The van der Waals surface area contributed by atoms with Gasteiger partial charge in [-0.15, -0.1) is 0 Å². The van der Waals surface area contributed by atoms with E-state index in [4.69, 9.17) is 4.98 Å². The summed E-state index contributed by atoms with van der Waals surface area (Å²) in [5.74, 6) is 0. The standard InChI is InChI=1S/C26H20N4/c1-3-19(4-2-18(1)16-30-12-11-27-17-30)22-14-24-23(6-8-26(24)29-15-22)20-5-7-25-21(13-20)9-10-28-25/h1-7,9-15,17,28H,8,16H2. The van der Waals surface area contributed by atoms with Crippen molar-refractivity contribution in [2.45, 2.75) is 13.0 Å². The van der Waals surface area contributed by atoms with Gasteiger partial charge in [-0.3, -0.25) is 4.98 Å². The third-order valence-corrected chi connectivity index (χ3v) is 5.84. The molecule has 0 radical (unpaired) electrons. The summed E-state index contributed by atoms with van der Waals surface area (Å²) in [5.41, 5.74) is 9.68. The summed E-state index contributed by atoms with van der Waals surface area (Å²) in [7, 11) is 0. The number of benzene rings is 2. The van der Waals surface area contributed by atoms with E-state index in [1.54, 1.807) is 0 Å². The number of allylic oxidation sites excluding steroid dienone is 1. The number of aromatic amines is 1. The van der Waals surface area contributed by atoms with Crippen LogP contribution in [0.25, 0.3) is 27.6 Å². The first-order valence-electron chi connectivity index (χ1n) is 10.2. The highest BCUT2D eigenvalue weighted by atomic mass is 15.0. The Morgan fingerprint density at radius 3 is 2.70 bits per heavy atom. The van der Waals surface area contributed by atoms with E-state index in [-0.39, 0.29) is 0 Å². The van der Waals surface area contributed by atoms with Crippen molar-refractivity contribution in [1.82, 2.24) is 19.5 Å². The van der Waals surface area contributed by atoms with Gasteiger partial charge in [0.05, 0.1) is 12.0 Å². The molecule has 1 aliphatic rings. The topological polar surface area (TPSA) is 46.5 Å². The van der Waals surface area contributed by atoms with Gasteiger partial charge in [0.2, 0.25) is 0 Å². The van der Waals surface area contributed by atoms with Crippen LogP contribution in [-0.4, -0.2) is 19.5 Å². The number of pyridine rings is 1. The van der Waals surface area contributed by atoms with Crippen molar-refractivity contribution in [3.8, 4) is 11.1 Å². The predicted molar refractivity (Wildman–Crippen MR) is 120 cm³/mol. The third-order valence-electron chi connectivity index (χ3n) is 5.84. The summed E-state index contributed by atoms with van der Waals surface area (Å²) in [5, 5.41) is 1.24. The van der Waals surface area contributed by atoms with Gasteiger partial charge < -0.3 is 9.55 Å². The van der Waals surface area contributed by atoms with Crippen molar-refractivity contribution in [3.63, 3.8) is 0 Å². The van der Waals surface area contributed by atoms with Crippen molar-refractivity contribution in [2.75, 3.05) is 0 Å². The summed E-state index contributed by atoms with van der Waals surface area (Å²) < 4.78 is 2.07. The van der Waals surface area contributed by atoms with E-state index in [2.05, 4.69) is 75.2 Å². The maximum Gasteiger partial charge on any atom is 0.0949 e. The van der Waals surface area contributed by atoms with E-state index >= 15 is 0 Å². The zero-order valence-electron chi connectivity index (χ0n) is 16.4. The molecule has 1 aliphatic carbocycles. The Kier molecular flexibility index (Phi) is 3.88. The Bertz CT molecular complexity index is 1370. The van der Waals surface area contributed by atoms with Crippen LogP contribution in [0.1, 0.15) is 22.4 Å². The molecule has 4 heteroatoms. The number of nitrogens with one attached hydrogen (secondary N) is 1. The van der Waals surface area contributed by atoms with Crippen molar-refractivity contribution >= 4 is 16.5 Å². The van der Waals surface area contributed by atoms with Gasteiger partial charge in [0.25, 0.3) is 0 Å². The van der Waals surface area contributed by atoms with Crippen molar-refractivity contribution in [2.24, 2.45) is 0 Å². The maximum atomic E-state index is 4.78. The highest BCUT2D eigenvalue weighted by Crippen LogP contribution is 2.35. The van der Waals surface area contributed by atoms with Crippen LogP contribution in [0.5, 0.6) is 0 Å². The van der Waals surface area contributed by atoms with Crippen LogP contribution >= 0.6 is 0 Å². The van der Waals surface area contributed by atoms with Crippen LogP contribution in [0.15, 0.2) is 91.8 Å². The SMILES string of the molecule is C1=C(c2ccc3[nH]ccc3c2)c2cc(-c3ccc(Cn4ccnc4)cc3)cnc2C1. The molecule has 0 unspecified atom stereocenters. The largest absolute Gasteiger partial charge is 0.361 e. The summed E-state index contributed by atoms with van der Waals surface area (Å²) in [4.78, 5) is 12.2. The van der Waals surface area contributed by atoms with Crippen LogP contribution in [0.2, 0.25) is 0 Å². The maximum absolute atomic E-state index is 4.78. The molecule has 0 atom stereocenters. The highest BCUT2D eigenvalue weighted by Gasteiger charge is 2.18. The van der Waals surface area contributed by atoms with Crippen molar-refractivity contribution < 1.29 is 0 Å².